The zero-order valence-electron chi connectivity index (χ0n) is 10.3. The lowest BCUT2D eigenvalue weighted by Gasteiger charge is -2.10. The third-order valence-electron chi connectivity index (χ3n) is 2.55. The van der Waals surface area contributed by atoms with Gasteiger partial charge in [0, 0.05) is 0 Å². The smallest absolute Gasteiger partial charge is 0.438 e. The van der Waals surface area contributed by atoms with E-state index in [1.807, 2.05) is 0 Å². The number of methoxy groups -OCH3 is 1. The highest BCUT2D eigenvalue weighted by atomic mass is 16.7. The Kier molecular flexibility index (Phi) is 9.33. The summed E-state index contributed by atoms with van der Waals surface area (Å²) in [6.07, 6.45) is 6.79. The number of hydrogen-bond acceptors (Lipinski definition) is 3. The van der Waals surface area contributed by atoms with Crippen LogP contribution in [-0.4, -0.2) is 19.9 Å². The van der Waals surface area contributed by atoms with E-state index in [1.54, 1.807) is 0 Å². The second-order valence-electron chi connectivity index (χ2n) is 4.05. The highest BCUT2D eigenvalue weighted by molar-refractivity contribution is 5.59. The van der Waals surface area contributed by atoms with E-state index in [0.717, 1.165) is 6.42 Å². The quantitative estimate of drug-likeness (QED) is 0.457. The first-order valence-electron chi connectivity index (χ1n) is 5.91. The highest BCUT2D eigenvalue weighted by Gasteiger charge is 2.04. The monoisotopic (exact) mass is 216 g/mol. The van der Waals surface area contributed by atoms with Gasteiger partial charge in [-0.3, -0.25) is 0 Å². The summed E-state index contributed by atoms with van der Waals surface area (Å²) in [5, 5.41) is 0. The first-order valence-corrected chi connectivity index (χ1v) is 5.91. The van der Waals surface area contributed by atoms with E-state index in [9.17, 15) is 4.79 Å². The fourth-order valence-electron chi connectivity index (χ4n) is 1.47. The van der Waals surface area contributed by atoms with Gasteiger partial charge in [-0.25, -0.2) is 4.79 Å². The van der Waals surface area contributed by atoms with Gasteiger partial charge in [0.05, 0.1) is 13.7 Å². The summed E-state index contributed by atoms with van der Waals surface area (Å²) < 4.78 is 9.21. The van der Waals surface area contributed by atoms with Crippen molar-refractivity contribution in [3.63, 3.8) is 0 Å². The molecule has 0 radical (unpaired) electrons. The normalized spacial score (nSPS) is 12.2. The Morgan fingerprint density at radius 3 is 2.53 bits per heavy atom. The number of ether oxygens (including phenoxy) is 2. The molecular weight excluding hydrogens is 192 g/mol. The molecule has 0 rings (SSSR count). The molecule has 3 nitrogen and oxygen atoms in total. The lowest BCUT2D eigenvalue weighted by molar-refractivity contribution is 0.0684. The van der Waals surface area contributed by atoms with Crippen LogP contribution in [0.5, 0.6) is 0 Å². The van der Waals surface area contributed by atoms with Gasteiger partial charge in [0.25, 0.3) is 0 Å². The van der Waals surface area contributed by atoms with Crippen LogP contribution in [0.3, 0.4) is 0 Å². The predicted molar refractivity (Wildman–Crippen MR) is 60.9 cm³/mol. The molecule has 0 heterocycles. The molecule has 0 bridgehead atoms. The van der Waals surface area contributed by atoms with Crippen molar-refractivity contribution < 1.29 is 14.3 Å². The van der Waals surface area contributed by atoms with E-state index in [0.29, 0.717) is 12.5 Å². The molecule has 1 unspecified atom stereocenters. The summed E-state index contributed by atoms with van der Waals surface area (Å²) in [5.74, 6) is 0.631. The number of unbranched alkanes of at least 4 members (excludes halogenated alkanes) is 3. The summed E-state index contributed by atoms with van der Waals surface area (Å²) in [5.41, 5.74) is 0. The second kappa shape index (κ2) is 9.81. The van der Waals surface area contributed by atoms with Gasteiger partial charge in [-0.15, -0.1) is 0 Å². The summed E-state index contributed by atoms with van der Waals surface area (Å²) in [4.78, 5) is 10.6. The summed E-state index contributed by atoms with van der Waals surface area (Å²) in [6, 6.07) is 0. The molecule has 15 heavy (non-hydrogen) atoms. The number of carbonyl (C=O) groups excluding carboxylic acids is 1. The highest BCUT2D eigenvalue weighted by Crippen LogP contribution is 2.13. The molecule has 0 saturated heterocycles. The van der Waals surface area contributed by atoms with Crippen LogP contribution in [0, 0.1) is 5.92 Å². The Morgan fingerprint density at radius 2 is 1.93 bits per heavy atom. The van der Waals surface area contributed by atoms with Crippen molar-refractivity contribution in [3.05, 3.63) is 0 Å². The van der Waals surface area contributed by atoms with Crippen molar-refractivity contribution in [3.8, 4) is 0 Å². The molecule has 0 spiro atoms. The van der Waals surface area contributed by atoms with Gasteiger partial charge in [0.15, 0.2) is 0 Å². The van der Waals surface area contributed by atoms with Gasteiger partial charge in [0.2, 0.25) is 0 Å². The lowest BCUT2D eigenvalue weighted by Crippen LogP contribution is -2.08. The summed E-state index contributed by atoms with van der Waals surface area (Å²) in [6.45, 7) is 4.89. The van der Waals surface area contributed by atoms with E-state index < -0.39 is 6.16 Å². The first kappa shape index (κ1) is 14.3. The molecule has 0 saturated carbocycles. The minimum absolute atomic E-state index is 0.474. The van der Waals surface area contributed by atoms with Crippen LogP contribution in [0.15, 0.2) is 0 Å². The zero-order chi connectivity index (χ0) is 11.5. The standard InChI is InChI=1S/C12H24O3/c1-4-5-6-7-8-11(2)9-10-15-12(13)14-3/h11H,4-10H2,1-3H3. The van der Waals surface area contributed by atoms with Crippen LogP contribution in [0.2, 0.25) is 0 Å². The van der Waals surface area contributed by atoms with E-state index in [1.165, 1.54) is 39.2 Å². The molecular formula is C12H24O3. The molecule has 0 fully saturated rings. The minimum atomic E-state index is -0.576. The zero-order valence-corrected chi connectivity index (χ0v) is 10.3. The van der Waals surface area contributed by atoms with Gasteiger partial charge < -0.3 is 9.47 Å². The van der Waals surface area contributed by atoms with Crippen molar-refractivity contribution in [2.24, 2.45) is 5.92 Å². The Morgan fingerprint density at radius 1 is 1.20 bits per heavy atom. The van der Waals surface area contributed by atoms with Crippen LogP contribution >= 0.6 is 0 Å². The maximum Gasteiger partial charge on any atom is 0.507 e. The van der Waals surface area contributed by atoms with Gasteiger partial charge in [-0.1, -0.05) is 46.0 Å². The van der Waals surface area contributed by atoms with E-state index in [-0.39, 0.29) is 0 Å². The van der Waals surface area contributed by atoms with Crippen LogP contribution < -0.4 is 0 Å². The topological polar surface area (TPSA) is 35.5 Å². The molecule has 0 amide bonds. The maximum atomic E-state index is 10.6. The van der Waals surface area contributed by atoms with Gasteiger partial charge >= 0.3 is 6.16 Å². The molecule has 3 heteroatoms. The second-order valence-corrected chi connectivity index (χ2v) is 4.05. The first-order chi connectivity index (χ1) is 7.20. The van der Waals surface area contributed by atoms with Gasteiger partial charge in [-0.05, 0) is 12.3 Å². The summed E-state index contributed by atoms with van der Waals surface area (Å²) in [7, 11) is 1.33. The van der Waals surface area contributed by atoms with Crippen LogP contribution in [0.1, 0.15) is 52.4 Å². The molecule has 0 aliphatic heterocycles. The Bertz CT molecular complexity index is 157. The predicted octanol–water partition coefficient (Wildman–Crippen LogP) is 3.77. The number of carbonyl (C=O) groups is 1. The van der Waals surface area contributed by atoms with Gasteiger partial charge in [0.1, 0.15) is 0 Å². The minimum Gasteiger partial charge on any atom is -0.438 e. The molecule has 0 aliphatic carbocycles. The van der Waals surface area contributed by atoms with E-state index >= 15 is 0 Å². The average Bonchev–Trinajstić information content (AvgIpc) is 2.24. The van der Waals surface area contributed by atoms with E-state index in [2.05, 4.69) is 18.6 Å². The average molecular weight is 216 g/mol. The Labute approximate surface area is 93.1 Å². The van der Waals surface area contributed by atoms with Crippen LogP contribution in [0.25, 0.3) is 0 Å². The van der Waals surface area contributed by atoms with Gasteiger partial charge in [-0.2, -0.15) is 0 Å². The maximum absolute atomic E-state index is 10.6. The number of rotatable bonds is 8. The molecule has 0 aromatic carbocycles. The SMILES string of the molecule is CCCCCCC(C)CCOC(=O)OC. The molecule has 90 valence electrons. The molecule has 0 aromatic rings. The van der Waals surface area contributed by atoms with E-state index in [4.69, 9.17) is 4.74 Å². The van der Waals surface area contributed by atoms with Crippen molar-refractivity contribution in [1.82, 2.24) is 0 Å². The fraction of sp³-hybridized carbons (Fsp3) is 0.917. The largest absolute Gasteiger partial charge is 0.507 e. The van der Waals surface area contributed by atoms with Crippen molar-refractivity contribution in [2.45, 2.75) is 52.4 Å². The van der Waals surface area contributed by atoms with Crippen LogP contribution in [0.4, 0.5) is 4.79 Å². The van der Waals surface area contributed by atoms with Crippen LogP contribution in [-0.2, 0) is 9.47 Å². The molecule has 0 aliphatic rings. The van der Waals surface area contributed by atoms with Crippen molar-refractivity contribution in [2.75, 3.05) is 13.7 Å². The molecule has 0 N–H and O–H groups in total. The van der Waals surface area contributed by atoms with Crippen molar-refractivity contribution in [1.29, 1.82) is 0 Å². The third-order valence-corrected chi connectivity index (χ3v) is 2.55. The summed E-state index contributed by atoms with van der Waals surface area (Å²) >= 11 is 0. The Hall–Kier alpha value is -0.730. The third kappa shape index (κ3) is 9.57. The fourth-order valence-corrected chi connectivity index (χ4v) is 1.47. The van der Waals surface area contributed by atoms with Crippen molar-refractivity contribution >= 4 is 6.16 Å². The molecule has 1 atom stereocenters. The lowest BCUT2D eigenvalue weighted by atomic mass is 10.00. The number of hydrogen-bond donors (Lipinski definition) is 0. The Balaban J connectivity index is 3.25. The molecule has 0 aromatic heterocycles.